The lowest BCUT2D eigenvalue weighted by Gasteiger charge is -2.06. The van der Waals surface area contributed by atoms with Gasteiger partial charge in [-0.15, -0.1) is 0 Å². The number of nitrogens with zero attached hydrogens (tertiary/aromatic N) is 2. The first kappa shape index (κ1) is 14.6. The molecule has 0 amide bonds. The molecule has 0 radical (unpaired) electrons. The summed E-state index contributed by atoms with van der Waals surface area (Å²) in [5.41, 5.74) is 1.13. The smallest absolute Gasteiger partial charge is 0.406 e. The zero-order chi connectivity index (χ0) is 15.2. The maximum absolute atomic E-state index is 11.9. The van der Waals surface area contributed by atoms with Gasteiger partial charge in [-0.2, -0.15) is 0 Å². The average Bonchev–Trinajstić information content (AvgIpc) is 2.49. The Bertz CT molecular complexity index is 656. The highest BCUT2D eigenvalue weighted by molar-refractivity contribution is 5.96. The molecule has 0 saturated carbocycles. The number of aromatic nitrogens is 1. The third kappa shape index (κ3) is 3.85. The van der Waals surface area contributed by atoms with Gasteiger partial charge in [0.25, 0.3) is 0 Å². The normalized spacial score (nSPS) is 10.1. The highest BCUT2D eigenvalue weighted by Crippen LogP contribution is 2.24. The van der Waals surface area contributed by atoms with Gasteiger partial charge in [-0.3, -0.25) is 4.79 Å². The lowest BCUT2D eigenvalue weighted by atomic mass is 10.1. The molecule has 6 nitrogen and oxygen atoms in total. The van der Waals surface area contributed by atoms with Crippen LogP contribution in [0.2, 0.25) is 0 Å². The standard InChI is InChI=1S/C15H14N2O4/c1-11-7-8-14(15(16-11)17(19)20)21-10-9-13(18)12-5-3-2-4-6-12/h2-8H,9-10H2,1H3. The topological polar surface area (TPSA) is 82.3 Å². The van der Waals surface area contributed by atoms with E-state index < -0.39 is 4.92 Å². The molecule has 0 atom stereocenters. The second-order valence-corrected chi connectivity index (χ2v) is 4.42. The van der Waals surface area contributed by atoms with Gasteiger partial charge in [0.05, 0.1) is 6.61 Å². The van der Waals surface area contributed by atoms with E-state index in [1.54, 1.807) is 37.3 Å². The number of carbonyl (C=O) groups is 1. The van der Waals surface area contributed by atoms with Gasteiger partial charge >= 0.3 is 5.82 Å². The number of aryl methyl sites for hydroxylation is 1. The van der Waals surface area contributed by atoms with E-state index in [0.29, 0.717) is 11.3 Å². The van der Waals surface area contributed by atoms with Gasteiger partial charge in [0.2, 0.25) is 5.75 Å². The number of Topliss-reactive ketones (excluding diaryl/α,β-unsaturated/α-hetero) is 1. The summed E-state index contributed by atoms with van der Waals surface area (Å²) in [6, 6.07) is 11.9. The Hall–Kier alpha value is -2.76. The highest BCUT2D eigenvalue weighted by Gasteiger charge is 2.17. The van der Waals surface area contributed by atoms with Gasteiger partial charge < -0.3 is 14.9 Å². The molecule has 108 valence electrons. The first-order valence-corrected chi connectivity index (χ1v) is 6.41. The largest absolute Gasteiger partial charge is 0.485 e. The molecule has 0 fully saturated rings. The predicted octanol–water partition coefficient (Wildman–Crippen LogP) is 2.95. The van der Waals surface area contributed by atoms with E-state index in [2.05, 4.69) is 4.98 Å². The Labute approximate surface area is 121 Å². The van der Waals surface area contributed by atoms with Crippen LogP contribution in [0.25, 0.3) is 0 Å². The fourth-order valence-corrected chi connectivity index (χ4v) is 1.80. The third-order valence-corrected chi connectivity index (χ3v) is 2.83. The molecular formula is C15H14N2O4. The van der Waals surface area contributed by atoms with E-state index in [1.165, 1.54) is 6.07 Å². The van der Waals surface area contributed by atoms with E-state index in [0.717, 1.165) is 0 Å². The van der Waals surface area contributed by atoms with Crippen molar-refractivity contribution in [3.63, 3.8) is 0 Å². The second-order valence-electron chi connectivity index (χ2n) is 4.42. The van der Waals surface area contributed by atoms with Crippen LogP contribution in [0.1, 0.15) is 22.5 Å². The number of rotatable bonds is 6. The van der Waals surface area contributed by atoms with Crippen molar-refractivity contribution >= 4 is 11.6 Å². The minimum Gasteiger partial charge on any atom is -0.485 e. The van der Waals surface area contributed by atoms with Crippen molar-refractivity contribution < 1.29 is 14.5 Å². The second kappa shape index (κ2) is 6.60. The van der Waals surface area contributed by atoms with Crippen LogP contribution in [0.4, 0.5) is 5.82 Å². The SMILES string of the molecule is Cc1ccc(OCCC(=O)c2ccccc2)c([N+](=O)[O-])n1. The molecule has 0 N–H and O–H groups in total. The van der Waals surface area contributed by atoms with Crippen LogP contribution in [0, 0.1) is 17.0 Å². The van der Waals surface area contributed by atoms with Gasteiger partial charge in [0.15, 0.2) is 5.78 Å². The lowest BCUT2D eigenvalue weighted by molar-refractivity contribution is -0.390. The monoisotopic (exact) mass is 286 g/mol. The first-order valence-electron chi connectivity index (χ1n) is 6.41. The van der Waals surface area contributed by atoms with Gasteiger partial charge in [-0.1, -0.05) is 30.3 Å². The van der Waals surface area contributed by atoms with Gasteiger partial charge in [0, 0.05) is 18.9 Å². The summed E-state index contributed by atoms with van der Waals surface area (Å²) < 4.78 is 5.32. The zero-order valence-electron chi connectivity index (χ0n) is 11.5. The molecule has 2 aromatic rings. The average molecular weight is 286 g/mol. The molecule has 0 aliphatic heterocycles. The maximum atomic E-state index is 11.9. The summed E-state index contributed by atoms with van der Waals surface area (Å²) in [7, 11) is 0. The van der Waals surface area contributed by atoms with Crippen LogP contribution in [0.15, 0.2) is 42.5 Å². The Kier molecular flexibility index (Phi) is 4.61. The van der Waals surface area contributed by atoms with Crippen molar-refractivity contribution in [3.8, 4) is 5.75 Å². The number of hydrogen-bond donors (Lipinski definition) is 0. The summed E-state index contributed by atoms with van der Waals surface area (Å²) >= 11 is 0. The van der Waals surface area contributed by atoms with Crippen molar-refractivity contribution in [2.24, 2.45) is 0 Å². The zero-order valence-corrected chi connectivity index (χ0v) is 11.5. The molecular weight excluding hydrogens is 272 g/mol. The Morgan fingerprint density at radius 3 is 2.62 bits per heavy atom. The van der Waals surface area contributed by atoms with Crippen LogP contribution in [-0.4, -0.2) is 22.3 Å². The maximum Gasteiger partial charge on any atom is 0.406 e. The fraction of sp³-hybridized carbons (Fsp3) is 0.200. The van der Waals surface area contributed by atoms with Crippen molar-refractivity contribution in [3.05, 3.63) is 63.8 Å². The Balaban J connectivity index is 1.98. The van der Waals surface area contributed by atoms with Crippen LogP contribution in [-0.2, 0) is 0 Å². The van der Waals surface area contributed by atoms with Crippen LogP contribution in [0.3, 0.4) is 0 Å². The van der Waals surface area contributed by atoms with Crippen molar-refractivity contribution in [1.29, 1.82) is 0 Å². The molecule has 1 heterocycles. The van der Waals surface area contributed by atoms with Crippen molar-refractivity contribution in [2.45, 2.75) is 13.3 Å². The van der Waals surface area contributed by atoms with Gasteiger partial charge in [-0.05, 0) is 22.0 Å². The van der Waals surface area contributed by atoms with E-state index in [4.69, 9.17) is 4.74 Å². The molecule has 6 heteroatoms. The number of carbonyl (C=O) groups excluding carboxylic acids is 1. The Morgan fingerprint density at radius 2 is 1.95 bits per heavy atom. The summed E-state index contributed by atoms with van der Waals surface area (Å²) in [6.07, 6.45) is 0.148. The van der Waals surface area contributed by atoms with Gasteiger partial charge in [-0.25, -0.2) is 0 Å². The molecule has 0 aliphatic rings. The van der Waals surface area contributed by atoms with Crippen molar-refractivity contribution in [1.82, 2.24) is 4.98 Å². The summed E-state index contributed by atoms with van der Waals surface area (Å²) in [4.78, 5) is 26.0. The first-order chi connectivity index (χ1) is 10.1. The number of ketones is 1. The van der Waals surface area contributed by atoms with Crippen LogP contribution in [0.5, 0.6) is 5.75 Å². The van der Waals surface area contributed by atoms with E-state index in [9.17, 15) is 14.9 Å². The fourth-order valence-electron chi connectivity index (χ4n) is 1.80. The number of hydrogen-bond acceptors (Lipinski definition) is 5. The minimum absolute atomic E-state index is 0.0688. The molecule has 0 spiro atoms. The van der Waals surface area contributed by atoms with Crippen LogP contribution >= 0.6 is 0 Å². The molecule has 0 saturated heterocycles. The highest BCUT2D eigenvalue weighted by atomic mass is 16.6. The molecule has 2 rings (SSSR count). The van der Waals surface area contributed by atoms with E-state index in [1.807, 2.05) is 6.07 Å². The summed E-state index contributed by atoms with van der Waals surface area (Å²) in [5.74, 6) is -0.327. The molecule has 1 aromatic heterocycles. The molecule has 0 bridgehead atoms. The number of nitro groups is 1. The number of benzene rings is 1. The van der Waals surface area contributed by atoms with Crippen LogP contribution < -0.4 is 4.74 Å². The molecule has 0 aliphatic carbocycles. The predicted molar refractivity (Wildman–Crippen MR) is 76.5 cm³/mol. The third-order valence-electron chi connectivity index (χ3n) is 2.83. The quantitative estimate of drug-likeness (QED) is 0.463. The number of pyridine rings is 1. The van der Waals surface area contributed by atoms with E-state index >= 15 is 0 Å². The van der Waals surface area contributed by atoms with Crippen molar-refractivity contribution in [2.75, 3.05) is 6.61 Å². The Morgan fingerprint density at radius 1 is 1.24 bits per heavy atom. The minimum atomic E-state index is -0.596. The van der Waals surface area contributed by atoms with E-state index in [-0.39, 0.29) is 30.4 Å². The molecule has 21 heavy (non-hydrogen) atoms. The molecule has 1 aromatic carbocycles. The van der Waals surface area contributed by atoms with Gasteiger partial charge in [0.1, 0.15) is 5.69 Å². The summed E-state index contributed by atoms with van der Waals surface area (Å²) in [5, 5.41) is 10.9. The lowest BCUT2D eigenvalue weighted by Crippen LogP contribution is -2.08. The summed E-state index contributed by atoms with van der Waals surface area (Å²) in [6.45, 7) is 1.73. The number of ether oxygens (including phenoxy) is 1. The molecule has 0 unspecified atom stereocenters.